The van der Waals surface area contributed by atoms with Crippen LogP contribution in [0.2, 0.25) is 0 Å². The summed E-state index contributed by atoms with van der Waals surface area (Å²) in [6.45, 7) is 5.76. The molecule has 1 atom stereocenters. The molecular weight excluding hydrogens is 401 g/mol. The first-order valence-electron chi connectivity index (χ1n) is 9.72. The van der Waals surface area contributed by atoms with Gasteiger partial charge in [0, 0.05) is 37.5 Å². The molecule has 30 heavy (non-hydrogen) atoms. The number of halogens is 3. The zero-order valence-electron chi connectivity index (χ0n) is 16.5. The van der Waals surface area contributed by atoms with Gasteiger partial charge in [-0.1, -0.05) is 0 Å². The zero-order valence-corrected chi connectivity index (χ0v) is 16.5. The molecule has 2 aliphatic heterocycles. The first-order valence-corrected chi connectivity index (χ1v) is 9.72. The Kier molecular flexibility index (Phi) is 5.65. The van der Waals surface area contributed by atoms with E-state index in [1.165, 1.54) is 0 Å². The molecule has 2 saturated heterocycles. The van der Waals surface area contributed by atoms with Crippen LogP contribution in [0.5, 0.6) is 0 Å². The van der Waals surface area contributed by atoms with E-state index in [0.29, 0.717) is 57.8 Å². The third-order valence-electron chi connectivity index (χ3n) is 5.16. The predicted octanol–water partition coefficient (Wildman–Crippen LogP) is 2.20. The molecule has 2 N–H and O–H groups in total. The van der Waals surface area contributed by atoms with Crippen molar-refractivity contribution < 1.29 is 22.6 Å². The average Bonchev–Trinajstić information content (AvgIpc) is 2.74. The molecular formula is C19H23F3N6O2. The van der Waals surface area contributed by atoms with Crippen LogP contribution in [0.25, 0.3) is 11.3 Å². The molecule has 162 valence electrons. The van der Waals surface area contributed by atoms with Crippen molar-refractivity contribution in [3.63, 3.8) is 0 Å². The van der Waals surface area contributed by atoms with Gasteiger partial charge in [0.1, 0.15) is 11.6 Å². The quantitative estimate of drug-likeness (QED) is 0.802. The Balaban J connectivity index is 1.84. The summed E-state index contributed by atoms with van der Waals surface area (Å²) in [6.07, 6.45) is -3.47. The lowest BCUT2D eigenvalue weighted by Gasteiger charge is -2.35. The smallest absolute Gasteiger partial charge is 0.384 e. The van der Waals surface area contributed by atoms with Crippen LogP contribution in [0.4, 0.5) is 30.8 Å². The maximum atomic E-state index is 13.7. The molecule has 0 spiro atoms. The summed E-state index contributed by atoms with van der Waals surface area (Å²) < 4.78 is 52.0. The Labute approximate surface area is 171 Å². The van der Waals surface area contributed by atoms with Crippen molar-refractivity contribution in [1.29, 1.82) is 0 Å². The summed E-state index contributed by atoms with van der Waals surface area (Å²) in [5, 5.41) is 0. The van der Waals surface area contributed by atoms with E-state index in [9.17, 15) is 13.2 Å². The topological polar surface area (TPSA) is 89.6 Å². The Morgan fingerprint density at radius 1 is 1.07 bits per heavy atom. The number of rotatable bonds is 3. The Morgan fingerprint density at radius 2 is 1.80 bits per heavy atom. The summed E-state index contributed by atoms with van der Waals surface area (Å²) in [4.78, 5) is 17.0. The lowest BCUT2D eigenvalue weighted by Crippen LogP contribution is -2.44. The fourth-order valence-corrected chi connectivity index (χ4v) is 3.59. The third kappa shape index (κ3) is 4.26. The van der Waals surface area contributed by atoms with Crippen molar-refractivity contribution >= 4 is 17.6 Å². The molecule has 4 heterocycles. The number of nitrogens with zero attached hydrogens (tertiary/aromatic N) is 5. The first-order chi connectivity index (χ1) is 14.3. The second-order valence-electron chi connectivity index (χ2n) is 7.28. The van der Waals surface area contributed by atoms with Crippen molar-refractivity contribution in [3.05, 3.63) is 23.9 Å². The SMILES string of the molecule is CC1COCCN1c1cc(-c2cnc(N)cc2C(F)(F)F)nc(N2CCOCC2)n1. The molecule has 11 heteroatoms. The highest BCUT2D eigenvalue weighted by Gasteiger charge is 2.35. The first kappa shape index (κ1) is 20.6. The zero-order chi connectivity index (χ0) is 21.3. The summed E-state index contributed by atoms with van der Waals surface area (Å²) in [5.74, 6) is 0.729. The molecule has 1 unspecified atom stereocenters. The summed E-state index contributed by atoms with van der Waals surface area (Å²) in [7, 11) is 0. The van der Waals surface area contributed by atoms with Crippen molar-refractivity contribution in [1.82, 2.24) is 15.0 Å². The molecule has 8 nitrogen and oxygen atoms in total. The van der Waals surface area contributed by atoms with Crippen LogP contribution < -0.4 is 15.5 Å². The normalized spacial score (nSPS) is 20.5. The highest BCUT2D eigenvalue weighted by Crippen LogP contribution is 2.38. The van der Waals surface area contributed by atoms with Gasteiger partial charge in [-0.25, -0.2) is 9.97 Å². The van der Waals surface area contributed by atoms with Gasteiger partial charge in [0.2, 0.25) is 5.95 Å². The van der Waals surface area contributed by atoms with Gasteiger partial charge in [0.25, 0.3) is 0 Å². The molecule has 2 aromatic heterocycles. The molecule has 0 aliphatic carbocycles. The highest BCUT2D eigenvalue weighted by molar-refractivity contribution is 5.69. The van der Waals surface area contributed by atoms with Crippen molar-refractivity contribution in [2.75, 3.05) is 61.6 Å². The molecule has 0 bridgehead atoms. The van der Waals surface area contributed by atoms with Gasteiger partial charge in [0.05, 0.1) is 43.7 Å². The molecule has 4 rings (SSSR count). The van der Waals surface area contributed by atoms with E-state index >= 15 is 0 Å². The van der Waals surface area contributed by atoms with Gasteiger partial charge in [-0.05, 0) is 13.0 Å². The van der Waals surface area contributed by atoms with Gasteiger partial charge < -0.3 is 25.0 Å². The molecule has 0 radical (unpaired) electrons. The number of morpholine rings is 2. The number of hydrogen-bond acceptors (Lipinski definition) is 8. The minimum absolute atomic E-state index is 0.0330. The lowest BCUT2D eigenvalue weighted by atomic mass is 10.1. The van der Waals surface area contributed by atoms with Gasteiger partial charge in [0.15, 0.2) is 0 Å². The van der Waals surface area contributed by atoms with Crippen LogP contribution in [0.3, 0.4) is 0 Å². The maximum absolute atomic E-state index is 13.7. The molecule has 2 aromatic rings. The van der Waals surface area contributed by atoms with Crippen molar-refractivity contribution in [2.24, 2.45) is 0 Å². The van der Waals surface area contributed by atoms with Crippen LogP contribution >= 0.6 is 0 Å². The van der Waals surface area contributed by atoms with Crippen LogP contribution in [-0.4, -0.2) is 67.1 Å². The van der Waals surface area contributed by atoms with Crippen molar-refractivity contribution in [3.8, 4) is 11.3 Å². The summed E-state index contributed by atoms with van der Waals surface area (Å²) in [5.41, 5.74) is 4.68. The maximum Gasteiger partial charge on any atom is 0.417 e. The van der Waals surface area contributed by atoms with Gasteiger partial charge in [-0.2, -0.15) is 18.2 Å². The van der Waals surface area contributed by atoms with E-state index < -0.39 is 11.7 Å². The number of nitrogens with two attached hydrogens (primary N) is 1. The number of ether oxygens (including phenoxy) is 2. The number of nitrogen functional groups attached to an aromatic ring is 1. The van der Waals surface area contributed by atoms with Gasteiger partial charge in [-0.3, -0.25) is 0 Å². The van der Waals surface area contributed by atoms with Crippen LogP contribution in [0.15, 0.2) is 18.3 Å². The summed E-state index contributed by atoms with van der Waals surface area (Å²) in [6, 6.07) is 2.45. The number of alkyl halides is 3. The molecule has 0 saturated carbocycles. The molecule has 2 aliphatic rings. The number of pyridine rings is 1. The predicted molar refractivity (Wildman–Crippen MR) is 105 cm³/mol. The molecule has 2 fully saturated rings. The van der Waals surface area contributed by atoms with Crippen molar-refractivity contribution in [2.45, 2.75) is 19.1 Å². The van der Waals surface area contributed by atoms with E-state index in [2.05, 4.69) is 15.0 Å². The summed E-state index contributed by atoms with van der Waals surface area (Å²) >= 11 is 0. The standard InChI is InChI=1S/C19H23F3N6O2/c1-12-11-30-7-4-28(12)17-9-15(25-18(26-17)27-2-5-29-6-3-27)13-10-24-16(23)8-14(13)19(20,21)22/h8-10,12H,2-7,11H2,1H3,(H2,23,24). The Morgan fingerprint density at radius 3 is 2.50 bits per heavy atom. The van der Waals surface area contributed by atoms with E-state index in [1.807, 2.05) is 16.7 Å². The van der Waals surface area contributed by atoms with Crippen LogP contribution in [0.1, 0.15) is 12.5 Å². The minimum atomic E-state index is -4.59. The van der Waals surface area contributed by atoms with Gasteiger partial charge >= 0.3 is 6.18 Å². The fourth-order valence-electron chi connectivity index (χ4n) is 3.59. The Hall–Kier alpha value is -2.66. The van der Waals surface area contributed by atoms with E-state index in [-0.39, 0.29) is 23.1 Å². The van der Waals surface area contributed by atoms with Crippen LogP contribution in [0, 0.1) is 0 Å². The van der Waals surface area contributed by atoms with E-state index in [1.54, 1.807) is 6.07 Å². The van der Waals surface area contributed by atoms with Crippen LogP contribution in [-0.2, 0) is 15.7 Å². The Bertz CT molecular complexity index is 904. The molecule has 0 amide bonds. The third-order valence-corrected chi connectivity index (χ3v) is 5.16. The second kappa shape index (κ2) is 8.23. The average molecular weight is 424 g/mol. The lowest BCUT2D eigenvalue weighted by molar-refractivity contribution is -0.137. The number of anilines is 3. The minimum Gasteiger partial charge on any atom is -0.384 e. The largest absolute Gasteiger partial charge is 0.417 e. The highest BCUT2D eigenvalue weighted by atomic mass is 19.4. The van der Waals surface area contributed by atoms with E-state index in [4.69, 9.17) is 15.2 Å². The number of aromatic nitrogens is 3. The number of hydrogen-bond donors (Lipinski definition) is 1. The van der Waals surface area contributed by atoms with Gasteiger partial charge in [-0.15, -0.1) is 0 Å². The van der Waals surface area contributed by atoms with E-state index in [0.717, 1.165) is 12.3 Å². The second-order valence-corrected chi connectivity index (χ2v) is 7.28. The molecule has 0 aromatic carbocycles. The monoisotopic (exact) mass is 424 g/mol. The fraction of sp³-hybridized carbons (Fsp3) is 0.526.